The highest BCUT2D eigenvalue weighted by Gasteiger charge is 2.07. The number of aromatic nitrogens is 1. The van der Waals surface area contributed by atoms with Gasteiger partial charge in [0.25, 0.3) is 5.91 Å². The van der Waals surface area contributed by atoms with Crippen molar-refractivity contribution < 1.29 is 4.79 Å². The molecular formula is C17H14N2OS. The van der Waals surface area contributed by atoms with Crippen molar-refractivity contribution in [2.45, 2.75) is 6.54 Å². The lowest BCUT2D eigenvalue weighted by molar-refractivity contribution is 0.0998. The number of carbonyl (C=O) groups excluding carboxylic acids is 1. The lowest BCUT2D eigenvalue weighted by Gasteiger charge is -2.00. The number of amides is 1. The molecule has 1 amide bonds. The van der Waals surface area contributed by atoms with Crippen molar-refractivity contribution in [1.29, 1.82) is 0 Å². The van der Waals surface area contributed by atoms with Crippen molar-refractivity contribution in [2.24, 2.45) is 4.99 Å². The first kappa shape index (κ1) is 13.5. The Morgan fingerprint density at radius 1 is 1.14 bits per heavy atom. The van der Waals surface area contributed by atoms with Gasteiger partial charge in [0, 0.05) is 12.1 Å². The fraction of sp³-hybridized carbons (Fsp3) is 0.0588. The first-order chi connectivity index (χ1) is 10.3. The maximum atomic E-state index is 12.2. The number of nitrogens with zero attached hydrogens (tertiary/aromatic N) is 2. The van der Waals surface area contributed by atoms with Gasteiger partial charge in [-0.1, -0.05) is 47.7 Å². The fourth-order valence-electron chi connectivity index (χ4n) is 2.14. The number of para-hydroxylation sites is 1. The Morgan fingerprint density at radius 2 is 1.86 bits per heavy atom. The molecule has 0 saturated carbocycles. The van der Waals surface area contributed by atoms with Crippen LogP contribution in [0.3, 0.4) is 0 Å². The lowest BCUT2D eigenvalue weighted by atomic mass is 10.2. The van der Waals surface area contributed by atoms with E-state index in [2.05, 4.69) is 11.6 Å². The summed E-state index contributed by atoms with van der Waals surface area (Å²) in [4.78, 5) is 17.2. The van der Waals surface area contributed by atoms with E-state index in [1.165, 1.54) is 11.3 Å². The topological polar surface area (TPSA) is 34.4 Å². The highest BCUT2D eigenvalue weighted by molar-refractivity contribution is 7.16. The monoisotopic (exact) mass is 294 g/mol. The van der Waals surface area contributed by atoms with Crippen LogP contribution in [0.15, 0.2) is 72.2 Å². The van der Waals surface area contributed by atoms with Crippen LogP contribution < -0.4 is 4.80 Å². The van der Waals surface area contributed by atoms with Gasteiger partial charge < -0.3 is 4.57 Å². The number of benzene rings is 2. The molecule has 0 unspecified atom stereocenters. The Balaban J connectivity index is 2.15. The van der Waals surface area contributed by atoms with Gasteiger partial charge in [0.05, 0.1) is 10.2 Å². The summed E-state index contributed by atoms with van der Waals surface area (Å²) < 4.78 is 3.12. The summed E-state index contributed by atoms with van der Waals surface area (Å²) in [7, 11) is 0. The van der Waals surface area contributed by atoms with Crippen LogP contribution in [-0.4, -0.2) is 10.5 Å². The Labute approximate surface area is 126 Å². The third-order valence-electron chi connectivity index (χ3n) is 3.12. The molecule has 3 rings (SSSR count). The van der Waals surface area contributed by atoms with E-state index in [1.54, 1.807) is 12.1 Å². The van der Waals surface area contributed by atoms with E-state index in [-0.39, 0.29) is 5.91 Å². The summed E-state index contributed by atoms with van der Waals surface area (Å²) in [5, 5.41) is 0. The maximum Gasteiger partial charge on any atom is 0.279 e. The highest BCUT2D eigenvalue weighted by Crippen LogP contribution is 2.16. The van der Waals surface area contributed by atoms with Crippen molar-refractivity contribution in [3.05, 3.63) is 77.6 Å². The van der Waals surface area contributed by atoms with Gasteiger partial charge >= 0.3 is 0 Å². The third-order valence-corrected chi connectivity index (χ3v) is 4.18. The van der Waals surface area contributed by atoms with Gasteiger partial charge in [0.15, 0.2) is 4.80 Å². The maximum absolute atomic E-state index is 12.2. The average Bonchev–Trinajstić information content (AvgIpc) is 2.86. The minimum Gasteiger partial charge on any atom is -0.312 e. The van der Waals surface area contributed by atoms with Crippen molar-refractivity contribution in [3.8, 4) is 0 Å². The number of hydrogen-bond donors (Lipinski definition) is 0. The quantitative estimate of drug-likeness (QED) is 0.679. The lowest BCUT2D eigenvalue weighted by Crippen LogP contribution is -2.16. The number of carbonyl (C=O) groups is 1. The standard InChI is InChI=1S/C17H14N2OS/c1-2-12-19-14-10-6-7-11-15(14)21-17(19)18-16(20)13-8-4-3-5-9-13/h2-11H,1,12H2. The molecule has 0 spiro atoms. The molecule has 0 bridgehead atoms. The molecule has 3 aromatic rings. The number of thiazole rings is 1. The van der Waals surface area contributed by atoms with Crippen LogP contribution in [0.4, 0.5) is 0 Å². The van der Waals surface area contributed by atoms with Gasteiger partial charge in [-0.3, -0.25) is 4.79 Å². The van der Waals surface area contributed by atoms with E-state index in [0.717, 1.165) is 10.2 Å². The second kappa shape index (κ2) is 5.89. The smallest absolute Gasteiger partial charge is 0.279 e. The van der Waals surface area contributed by atoms with Crippen LogP contribution >= 0.6 is 11.3 Å². The highest BCUT2D eigenvalue weighted by atomic mass is 32.1. The molecule has 104 valence electrons. The Bertz CT molecular complexity index is 859. The van der Waals surface area contributed by atoms with Gasteiger partial charge in [0.2, 0.25) is 0 Å². The summed E-state index contributed by atoms with van der Waals surface area (Å²) in [5.74, 6) is -0.222. The normalized spacial score (nSPS) is 11.7. The third kappa shape index (κ3) is 2.71. The van der Waals surface area contributed by atoms with Crippen molar-refractivity contribution in [1.82, 2.24) is 4.57 Å². The zero-order valence-corrected chi connectivity index (χ0v) is 12.2. The zero-order chi connectivity index (χ0) is 14.7. The molecule has 0 saturated heterocycles. The average molecular weight is 294 g/mol. The van der Waals surface area contributed by atoms with E-state index in [0.29, 0.717) is 16.9 Å². The predicted octanol–water partition coefficient (Wildman–Crippen LogP) is 3.63. The molecule has 0 aliphatic rings. The molecule has 0 aliphatic carbocycles. The molecule has 1 aromatic heterocycles. The summed E-state index contributed by atoms with van der Waals surface area (Å²) in [5.41, 5.74) is 1.67. The Morgan fingerprint density at radius 3 is 2.62 bits per heavy atom. The van der Waals surface area contributed by atoms with Crippen LogP contribution in [0.1, 0.15) is 10.4 Å². The second-order valence-corrected chi connectivity index (χ2v) is 5.54. The molecule has 0 fully saturated rings. The number of allylic oxidation sites excluding steroid dienone is 1. The van der Waals surface area contributed by atoms with Crippen molar-refractivity contribution in [3.63, 3.8) is 0 Å². The molecule has 1 heterocycles. The SMILES string of the molecule is C=CCn1c(=NC(=O)c2ccccc2)sc2ccccc21. The van der Waals surface area contributed by atoms with E-state index < -0.39 is 0 Å². The summed E-state index contributed by atoms with van der Waals surface area (Å²) in [6.07, 6.45) is 1.81. The molecule has 0 aliphatic heterocycles. The largest absolute Gasteiger partial charge is 0.312 e. The minimum absolute atomic E-state index is 0.222. The van der Waals surface area contributed by atoms with Gasteiger partial charge in [-0.25, -0.2) is 0 Å². The van der Waals surface area contributed by atoms with Crippen molar-refractivity contribution in [2.75, 3.05) is 0 Å². The molecule has 2 aromatic carbocycles. The molecule has 0 atom stereocenters. The molecular weight excluding hydrogens is 280 g/mol. The second-order valence-electron chi connectivity index (χ2n) is 4.53. The zero-order valence-electron chi connectivity index (χ0n) is 11.4. The van der Waals surface area contributed by atoms with E-state index >= 15 is 0 Å². The molecule has 0 radical (unpaired) electrons. The summed E-state index contributed by atoms with van der Waals surface area (Å²) >= 11 is 1.51. The summed E-state index contributed by atoms with van der Waals surface area (Å²) in [6.45, 7) is 4.41. The molecule has 4 heteroatoms. The van der Waals surface area contributed by atoms with Crippen LogP contribution in [0.2, 0.25) is 0 Å². The first-order valence-corrected chi connectivity index (χ1v) is 7.44. The van der Waals surface area contributed by atoms with Crippen LogP contribution in [0.5, 0.6) is 0 Å². The predicted molar refractivity (Wildman–Crippen MR) is 86.3 cm³/mol. The van der Waals surface area contributed by atoms with Crippen LogP contribution in [0, 0.1) is 0 Å². The number of hydrogen-bond acceptors (Lipinski definition) is 2. The summed E-state index contributed by atoms with van der Waals surface area (Å²) in [6, 6.07) is 17.1. The molecule has 0 N–H and O–H groups in total. The minimum atomic E-state index is -0.222. The van der Waals surface area contributed by atoms with Gasteiger partial charge in [-0.05, 0) is 24.3 Å². The van der Waals surface area contributed by atoms with E-state index in [9.17, 15) is 4.79 Å². The molecule has 21 heavy (non-hydrogen) atoms. The van der Waals surface area contributed by atoms with E-state index in [4.69, 9.17) is 0 Å². The van der Waals surface area contributed by atoms with Crippen molar-refractivity contribution >= 4 is 27.5 Å². The van der Waals surface area contributed by atoms with Gasteiger partial charge in [-0.15, -0.1) is 6.58 Å². The Hall–Kier alpha value is -2.46. The Kier molecular flexibility index (Phi) is 3.79. The van der Waals surface area contributed by atoms with E-state index in [1.807, 2.05) is 53.1 Å². The first-order valence-electron chi connectivity index (χ1n) is 6.63. The van der Waals surface area contributed by atoms with Gasteiger partial charge in [0.1, 0.15) is 0 Å². The fourth-order valence-corrected chi connectivity index (χ4v) is 3.18. The van der Waals surface area contributed by atoms with Crippen LogP contribution in [0.25, 0.3) is 10.2 Å². The van der Waals surface area contributed by atoms with Gasteiger partial charge in [-0.2, -0.15) is 4.99 Å². The number of rotatable bonds is 3. The van der Waals surface area contributed by atoms with Crippen LogP contribution in [-0.2, 0) is 6.54 Å². The number of fused-ring (bicyclic) bond motifs is 1. The molecule has 3 nitrogen and oxygen atoms in total.